The van der Waals surface area contributed by atoms with Crippen LogP contribution in [0.25, 0.3) is 33.5 Å². The van der Waals surface area contributed by atoms with E-state index >= 15 is 0 Å². The first-order chi connectivity index (χ1) is 29.0. The topological polar surface area (TPSA) is 16.1 Å². The third-order valence-corrected chi connectivity index (χ3v) is 12.3. The molecule has 2 heteroatoms. The lowest BCUT2D eigenvalue weighted by Gasteiger charge is -2.35. The summed E-state index contributed by atoms with van der Waals surface area (Å²) in [6, 6.07) is 81.4. The van der Waals surface area contributed by atoms with Gasteiger partial charge in [0.1, 0.15) is 0 Å². The summed E-state index contributed by atoms with van der Waals surface area (Å²) in [5.74, 6) is 0. The van der Waals surface area contributed by atoms with Crippen LogP contribution in [0.3, 0.4) is 0 Å². The van der Waals surface area contributed by atoms with Crippen molar-refractivity contribution in [1.29, 1.82) is 0 Å². The minimum atomic E-state index is -0.503. The third kappa shape index (κ3) is 6.25. The van der Waals surface area contributed by atoms with E-state index < -0.39 is 5.41 Å². The van der Waals surface area contributed by atoms with E-state index in [4.69, 9.17) is 4.98 Å². The summed E-state index contributed by atoms with van der Waals surface area (Å²) in [4.78, 5) is 7.47. The lowest BCUT2D eigenvalue weighted by molar-refractivity contribution is 0.641. The van der Waals surface area contributed by atoms with Crippen LogP contribution in [0, 0.1) is 0 Å². The maximum Gasteiger partial charge on any atom is 0.0714 e. The van der Waals surface area contributed by atoms with Crippen molar-refractivity contribution < 1.29 is 0 Å². The molecule has 282 valence electrons. The van der Waals surface area contributed by atoms with E-state index in [2.05, 4.69) is 243 Å². The largest absolute Gasteiger partial charge is 0.309 e. The van der Waals surface area contributed by atoms with Gasteiger partial charge in [-0.05, 0) is 92.0 Å². The van der Waals surface area contributed by atoms with Crippen molar-refractivity contribution in [2.75, 3.05) is 4.90 Å². The molecule has 1 aromatic heterocycles. The second-order valence-corrected chi connectivity index (χ2v) is 16.0. The Balaban J connectivity index is 1.10. The highest BCUT2D eigenvalue weighted by atomic mass is 15.1. The van der Waals surface area contributed by atoms with E-state index in [9.17, 15) is 0 Å². The predicted octanol–water partition coefficient (Wildman–Crippen LogP) is 14.6. The number of hydrogen-bond acceptors (Lipinski definition) is 2. The number of nitrogens with zero attached hydrogens (tertiary/aromatic N) is 2. The fraction of sp³-hybridized carbons (Fsp3) is 0.0702. The monoisotopic (exact) mass is 756 g/mol. The summed E-state index contributed by atoms with van der Waals surface area (Å²) in [5.41, 5.74) is 17.1. The molecule has 59 heavy (non-hydrogen) atoms. The van der Waals surface area contributed by atoms with Gasteiger partial charge >= 0.3 is 0 Å². The first-order valence-corrected chi connectivity index (χ1v) is 20.5. The van der Waals surface area contributed by atoms with Gasteiger partial charge in [-0.1, -0.05) is 202 Å². The molecule has 0 bridgehead atoms. The lowest BCUT2D eigenvalue weighted by Crippen LogP contribution is -2.28. The molecule has 10 rings (SSSR count). The highest BCUT2D eigenvalue weighted by Crippen LogP contribution is 2.57. The van der Waals surface area contributed by atoms with Gasteiger partial charge in [0.05, 0.1) is 23.0 Å². The zero-order valence-electron chi connectivity index (χ0n) is 33.3. The summed E-state index contributed by atoms with van der Waals surface area (Å²) < 4.78 is 0. The molecule has 0 radical (unpaired) electrons. The SMILES string of the molecule is CC(C)(c1ccccc1)c1ccc(-c2ccc(N(c3ccc(-c4ccccc4)cc3)c3ccc4c(c3)C(c3ccccc3)(c3ccccc3)c3ccccc3-4)cn2)cc1. The number of hydrogen-bond donors (Lipinski definition) is 0. The van der Waals surface area contributed by atoms with Crippen LogP contribution in [0.1, 0.15) is 47.2 Å². The summed E-state index contributed by atoms with van der Waals surface area (Å²) in [7, 11) is 0. The Bertz CT molecular complexity index is 2810. The molecule has 1 heterocycles. The molecule has 0 atom stereocenters. The smallest absolute Gasteiger partial charge is 0.0714 e. The maximum absolute atomic E-state index is 5.12. The van der Waals surface area contributed by atoms with E-state index in [0.717, 1.165) is 28.3 Å². The molecule has 0 amide bonds. The van der Waals surface area contributed by atoms with Crippen molar-refractivity contribution in [3.8, 4) is 33.5 Å². The summed E-state index contributed by atoms with van der Waals surface area (Å²) in [5, 5.41) is 0. The fourth-order valence-corrected chi connectivity index (χ4v) is 9.22. The van der Waals surface area contributed by atoms with Crippen molar-refractivity contribution in [2.24, 2.45) is 0 Å². The Labute approximate surface area is 347 Å². The molecule has 8 aromatic carbocycles. The van der Waals surface area contributed by atoms with Crippen LogP contribution in [0.2, 0.25) is 0 Å². The summed E-state index contributed by atoms with van der Waals surface area (Å²) in [6.45, 7) is 4.57. The minimum Gasteiger partial charge on any atom is -0.309 e. The summed E-state index contributed by atoms with van der Waals surface area (Å²) >= 11 is 0. The molecule has 0 N–H and O–H groups in total. The van der Waals surface area contributed by atoms with Gasteiger partial charge in [0, 0.05) is 22.4 Å². The first kappa shape index (κ1) is 36.1. The van der Waals surface area contributed by atoms with Crippen LogP contribution in [0.5, 0.6) is 0 Å². The molecule has 0 saturated heterocycles. The van der Waals surface area contributed by atoms with Crippen LogP contribution >= 0.6 is 0 Å². The number of fused-ring (bicyclic) bond motifs is 3. The predicted molar refractivity (Wildman–Crippen MR) is 246 cm³/mol. The molecule has 9 aromatic rings. The average Bonchev–Trinajstić information content (AvgIpc) is 3.61. The Kier molecular flexibility index (Phi) is 9.11. The second kappa shape index (κ2) is 14.9. The molecule has 0 spiro atoms. The molecule has 0 saturated carbocycles. The van der Waals surface area contributed by atoms with Crippen LogP contribution in [0.4, 0.5) is 17.1 Å². The van der Waals surface area contributed by atoms with Gasteiger partial charge < -0.3 is 4.90 Å². The zero-order valence-corrected chi connectivity index (χ0v) is 33.3. The maximum atomic E-state index is 5.12. The lowest BCUT2D eigenvalue weighted by atomic mass is 9.67. The molecule has 1 aliphatic carbocycles. The third-order valence-electron chi connectivity index (χ3n) is 12.3. The Morgan fingerprint density at radius 3 is 1.51 bits per heavy atom. The standard InChI is InChI=1S/C57H44N2/c1-56(2,44-19-9-4-10-20-44)45-31-27-43(28-32-45)55-38-36-50(40-58-55)59(48-33-29-42(30-34-48)41-17-7-3-8-18-41)49-35-37-52-51-25-15-16-26-53(51)57(54(52)39-49,46-21-11-5-12-22-46)47-23-13-6-14-24-47/h3-40H,1-2H3. The van der Waals surface area contributed by atoms with Gasteiger partial charge in [-0.15, -0.1) is 0 Å². The van der Waals surface area contributed by atoms with Crippen molar-refractivity contribution in [3.05, 3.63) is 264 Å². The number of rotatable bonds is 9. The number of aromatic nitrogens is 1. The van der Waals surface area contributed by atoms with Crippen LogP contribution in [-0.4, -0.2) is 4.98 Å². The number of pyridine rings is 1. The molecule has 0 unspecified atom stereocenters. The van der Waals surface area contributed by atoms with Gasteiger partial charge in [-0.3, -0.25) is 4.98 Å². The quantitative estimate of drug-likeness (QED) is 0.146. The average molecular weight is 757 g/mol. The van der Waals surface area contributed by atoms with E-state index in [0.29, 0.717) is 0 Å². The van der Waals surface area contributed by atoms with E-state index in [-0.39, 0.29) is 5.41 Å². The van der Waals surface area contributed by atoms with E-state index in [1.165, 1.54) is 55.6 Å². The number of anilines is 3. The van der Waals surface area contributed by atoms with Gasteiger partial charge in [0.25, 0.3) is 0 Å². The van der Waals surface area contributed by atoms with Crippen molar-refractivity contribution in [2.45, 2.75) is 24.7 Å². The van der Waals surface area contributed by atoms with Gasteiger partial charge in [0.15, 0.2) is 0 Å². The van der Waals surface area contributed by atoms with Crippen molar-refractivity contribution in [3.63, 3.8) is 0 Å². The Hall–Kier alpha value is -7.29. The second-order valence-electron chi connectivity index (χ2n) is 16.0. The van der Waals surface area contributed by atoms with Gasteiger partial charge in [-0.25, -0.2) is 0 Å². The molecule has 2 nitrogen and oxygen atoms in total. The van der Waals surface area contributed by atoms with E-state index in [1.807, 2.05) is 6.20 Å². The minimum absolute atomic E-state index is 0.108. The van der Waals surface area contributed by atoms with Crippen molar-refractivity contribution >= 4 is 17.1 Å². The Morgan fingerprint density at radius 2 is 0.881 bits per heavy atom. The molecule has 0 aliphatic heterocycles. The van der Waals surface area contributed by atoms with Gasteiger partial charge in [-0.2, -0.15) is 0 Å². The van der Waals surface area contributed by atoms with Crippen LogP contribution < -0.4 is 4.90 Å². The molecule has 1 aliphatic rings. The molecule has 0 fully saturated rings. The highest BCUT2D eigenvalue weighted by Gasteiger charge is 2.46. The van der Waals surface area contributed by atoms with Crippen LogP contribution in [0.15, 0.2) is 231 Å². The fourth-order valence-electron chi connectivity index (χ4n) is 9.22. The number of benzene rings is 8. The normalized spacial score (nSPS) is 12.7. The highest BCUT2D eigenvalue weighted by molar-refractivity contribution is 5.89. The van der Waals surface area contributed by atoms with Crippen molar-refractivity contribution in [1.82, 2.24) is 4.98 Å². The first-order valence-electron chi connectivity index (χ1n) is 20.5. The molecular weight excluding hydrogens is 713 g/mol. The van der Waals surface area contributed by atoms with Crippen LogP contribution in [-0.2, 0) is 10.8 Å². The summed E-state index contributed by atoms with van der Waals surface area (Å²) in [6.07, 6.45) is 2.02. The molecular formula is C57H44N2. The zero-order chi connectivity index (χ0) is 39.8. The van der Waals surface area contributed by atoms with E-state index in [1.54, 1.807) is 0 Å². The van der Waals surface area contributed by atoms with Gasteiger partial charge in [0.2, 0.25) is 0 Å². The Morgan fingerprint density at radius 1 is 0.390 bits per heavy atom.